The normalized spacial score (nSPS) is 10.0. The van der Waals surface area contributed by atoms with Crippen molar-refractivity contribution in [2.24, 2.45) is 5.73 Å². The van der Waals surface area contributed by atoms with Gasteiger partial charge in [-0.2, -0.15) is 0 Å². The van der Waals surface area contributed by atoms with Crippen molar-refractivity contribution in [1.29, 1.82) is 0 Å². The smallest absolute Gasteiger partial charge is 0.161 e. The van der Waals surface area contributed by atoms with E-state index >= 15 is 0 Å². The SMILES string of the molecule is CCOc1cc(CCN)ccc1O. The molecule has 0 aliphatic carbocycles. The molecule has 13 heavy (non-hydrogen) atoms. The fourth-order valence-electron chi connectivity index (χ4n) is 1.15. The van der Waals surface area contributed by atoms with E-state index in [0.29, 0.717) is 18.9 Å². The summed E-state index contributed by atoms with van der Waals surface area (Å²) >= 11 is 0. The van der Waals surface area contributed by atoms with Crippen LogP contribution in [0.2, 0.25) is 0 Å². The first-order valence-corrected chi connectivity index (χ1v) is 4.42. The van der Waals surface area contributed by atoms with Crippen LogP contribution in [0, 0.1) is 0 Å². The summed E-state index contributed by atoms with van der Waals surface area (Å²) in [6.07, 6.45) is 0.806. The quantitative estimate of drug-likeness (QED) is 0.736. The molecule has 0 saturated carbocycles. The maximum Gasteiger partial charge on any atom is 0.161 e. The van der Waals surface area contributed by atoms with Crippen molar-refractivity contribution in [2.75, 3.05) is 13.2 Å². The van der Waals surface area contributed by atoms with Gasteiger partial charge in [-0.15, -0.1) is 0 Å². The van der Waals surface area contributed by atoms with Crippen LogP contribution in [-0.4, -0.2) is 18.3 Å². The molecule has 1 rings (SSSR count). The Hall–Kier alpha value is -1.22. The topological polar surface area (TPSA) is 55.5 Å². The molecule has 72 valence electrons. The molecule has 1 aromatic carbocycles. The molecule has 3 N–H and O–H groups in total. The monoisotopic (exact) mass is 181 g/mol. The Bertz CT molecular complexity index is 274. The van der Waals surface area contributed by atoms with Crippen molar-refractivity contribution in [3.8, 4) is 11.5 Å². The maximum absolute atomic E-state index is 9.38. The average Bonchev–Trinajstić information content (AvgIpc) is 2.12. The first-order chi connectivity index (χ1) is 6.27. The third-order valence-electron chi connectivity index (χ3n) is 1.76. The van der Waals surface area contributed by atoms with Gasteiger partial charge in [0.2, 0.25) is 0 Å². The molecule has 0 spiro atoms. The summed E-state index contributed by atoms with van der Waals surface area (Å²) < 4.78 is 5.23. The minimum absolute atomic E-state index is 0.183. The van der Waals surface area contributed by atoms with Gasteiger partial charge in [0.05, 0.1) is 6.61 Å². The standard InChI is InChI=1S/C10H15NO2/c1-2-13-10-7-8(5-6-11)3-4-9(10)12/h3-4,7,12H,2,5-6,11H2,1H3. The van der Waals surface area contributed by atoms with E-state index in [2.05, 4.69) is 0 Å². The Labute approximate surface area is 78.1 Å². The van der Waals surface area contributed by atoms with E-state index in [1.807, 2.05) is 19.1 Å². The number of phenolic OH excluding ortho intramolecular Hbond substituents is 1. The Morgan fingerprint density at radius 1 is 1.46 bits per heavy atom. The van der Waals surface area contributed by atoms with E-state index in [0.717, 1.165) is 12.0 Å². The molecular weight excluding hydrogens is 166 g/mol. The van der Waals surface area contributed by atoms with Gasteiger partial charge in [0.1, 0.15) is 0 Å². The molecule has 0 amide bonds. The molecule has 0 unspecified atom stereocenters. The highest BCUT2D eigenvalue weighted by molar-refractivity contribution is 5.41. The molecular formula is C10H15NO2. The van der Waals surface area contributed by atoms with Crippen molar-refractivity contribution >= 4 is 0 Å². The summed E-state index contributed by atoms with van der Waals surface area (Å²) in [6, 6.07) is 5.31. The lowest BCUT2D eigenvalue weighted by Crippen LogP contribution is -2.03. The highest BCUT2D eigenvalue weighted by atomic mass is 16.5. The van der Waals surface area contributed by atoms with Crippen LogP contribution >= 0.6 is 0 Å². The number of nitrogens with two attached hydrogens (primary N) is 1. The Balaban J connectivity index is 2.83. The molecule has 0 aromatic heterocycles. The largest absolute Gasteiger partial charge is 0.504 e. The third kappa shape index (κ3) is 2.63. The highest BCUT2D eigenvalue weighted by Gasteiger charge is 2.02. The lowest BCUT2D eigenvalue weighted by atomic mass is 10.1. The minimum Gasteiger partial charge on any atom is -0.504 e. The van der Waals surface area contributed by atoms with Gasteiger partial charge in [-0.1, -0.05) is 6.07 Å². The number of rotatable bonds is 4. The number of aromatic hydroxyl groups is 1. The second-order valence-corrected chi connectivity index (χ2v) is 2.77. The number of phenols is 1. The van der Waals surface area contributed by atoms with E-state index < -0.39 is 0 Å². The first-order valence-electron chi connectivity index (χ1n) is 4.42. The summed E-state index contributed by atoms with van der Waals surface area (Å²) in [5.41, 5.74) is 6.51. The van der Waals surface area contributed by atoms with E-state index in [-0.39, 0.29) is 5.75 Å². The van der Waals surface area contributed by atoms with Crippen molar-refractivity contribution < 1.29 is 9.84 Å². The molecule has 0 aliphatic rings. The second kappa shape index (κ2) is 4.72. The van der Waals surface area contributed by atoms with E-state index in [4.69, 9.17) is 10.5 Å². The summed E-state index contributed by atoms with van der Waals surface area (Å²) in [7, 11) is 0. The Morgan fingerprint density at radius 2 is 2.23 bits per heavy atom. The lowest BCUT2D eigenvalue weighted by molar-refractivity contribution is 0.318. The van der Waals surface area contributed by atoms with E-state index in [1.165, 1.54) is 0 Å². The zero-order valence-electron chi connectivity index (χ0n) is 7.79. The fraction of sp³-hybridized carbons (Fsp3) is 0.400. The molecule has 1 aromatic rings. The Morgan fingerprint density at radius 3 is 2.85 bits per heavy atom. The van der Waals surface area contributed by atoms with E-state index in [9.17, 15) is 5.11 Å². The molecule has 0 aliphatic heterocycles. The lowest BCUT2D eigenvalue weighted by Gasteiger charge is -2.07. The van der Waals surface area contributed by atoms with Crippen molar-refractivity contribution in [3.05, 3.63) is 23.8 Å². The molecule has 0 radical (unpaired) electrons. The van der Waals surface area contributed by atoms with Gasteiger partial charge in [-0.25, -0.2) is 0 Å². The maximum atomic E-state index is 9.38. The van der Waals surface area contributed by atoms with Crippen LogP contribution in [0.15, 0.2) is 18.2 Å². The molecule has 0 fully saturated rings. The van der Waals surface area contributed by atoms with E-state index in [1.54, 1.807) is 6.07 Å². The van der Waals surface area contributed by atoms with Crippen LogP contribution in [0.4, 0.5) is 0 Å². The predicted octanol–water partition coefficient (Wildman–Crippen LogP) is 1.29. The van der Waals surface area contributed by atoms with Crippen LogP contribution in [0.1, 0.15) is 12.5 Å². The molecule has 0 atom stereocenters. The van der Waals surface area contributed by atoms with Gasteiger partial charge >= 0.3 is 0 Å². The van der Waals surface area contributed by atoms with Gasteiger partial charge in [-0.3, -0.25) is 0 Å². The molecule has 3 heteroatoms. The average molecular weight is 181 g/mol. The van der Waals surface area contributed by atoms with Crippen LogP contribution < -0.4 is 10.5 Å². The van der Waals surface area contributed by atoms with Crippen LogP contribution in [0.5, 0.6) is 11.5 Å². The van der Waals surface area contributed by atoms with Gasteiger partial charge in [-0.05, 0) is 37.6 Å². The molecule has 3 nitrogen and oxygen atoms in total. The third-order valence-corrected chi connectivity index (χ3v) is 1.76. The van der Waals surface area contributed by atoms with Crippen LogP contribution in [0.25, 0.3) is 0 Å². The van der Waals surface area contributed by atoms with Gasteiger partial charge in [0, 0.05) is 0 Å². The molecule has 0 bridgehead atoms. The van der Waals surface area contributed by atoms with Gasteiger partial charge in [0.25, 0.3) is 0 Å². The number of ether oxygens (including phenoxy) is 1. The van der Waals surface area contributed by atoms with Crippen molar-refractivity contribution in [2.45, 2.75) is 13.3 Å². The zero-order chi connectivity index (χ0) is 9.68. The fourth-order valence-corrected chi connectivity index (χ4v) is 1.15. The summed E-state index contributed by atoms with van der Waals surface area (Å²) in [6.45, 7) is 3.05. The zero-order valence-corrected chi connectivity index (χ0v) is 7.79. The number of benzene rings is 1. The minimum atomic E-state index is 0.183. The van der Waals surface area contributed by atoms with Crippen molar-refractivity contribution in [1.82, 2.24) is 0 Å². The number of hydrogen-bond acceptors (Lipinski definition) is 3. The Kier molecular flexibility index (Phi) is 3.58. The summed E-state index contributed by atoms with van der Waals surface area (Å²) in [5, 5.41) is 9.38. The highest BCUT2D eigenvalue weighted by Crippen LogP contribution is 2.26. The summed E-state index contributed by atoms with van der Waals surface area (Å²) in [5.74, 6) is 0.719. The predicted molar refractivity (Wildman–Crippen MR) is 52.0 cm³/mol. The summed E-state index contributed by atoms with van der Waals surface area (Å²) in [4.78, 5) is 0. The van der Waals surface area contributed by atoms with Crippen LogP contribution in [0.3, 0.4) is 0 Å². The van der Waals surface area contributed by atoms with Crippen molar-refractivity contribution in [3.63, 3.8) is 0 Å². The number of hydrogen-bond donors (Lipinski definition) is 2. The first kappa shape index (κ1) is 9.86. The molecule has 0 heterocycles. The van der Waals surface area contributed by atoms with Gasteiger partial charge < -0.3 is 15.6 Å². The second-order valence-electron chi connectivity index (χ2n) is 2.77. The van der Waals surface area contributed by atoms with Gasteiger partial charge in [0.15, 0.2) is 11.5 Å². The van der Waals surface area contributed by atoms with Crippen LogP contribution in [-0.2, 0) is 6.42 Å². The molecule has 0 saturated heterocycles.